The molecule has 0 radical (unpaired) electrons. The molecule has 0 spiro atoms. The van der Waals surface area contributed by atoms with Crippen LogP contribution in [0.4, 0.5) is 5.69 Å². The summed E-state index contributed by atoms with van der Waals surface area (Å²) in [6.45, 7) is 3.90. The van der Waals surface area contributed by atoms with E-state index in [1.165, 1.54) is 35.0 Å². The minimum absolute atomic E-state index is 0.0817. The Kier molecular flexibility index (Phi) is 6.41. The molecule has 1 aromatic carbocycles. The molecule has 8 heteroatoms. The summed E-state index contributed by atoms with van der Waals surface area (Å²) in [6.07, 6.45) is 1.48. The van der Waals surface area contributed by atoms with Crippen LogP contribution in [0.5, 0.6) is 0 Å². The van der Waals surface area contributed by atoms with Gasteiger partial charge in [-0.05, 0) is 35.1 Å². The molecule has 6 nitrogen and oxygen atoms in total. The number of benzene rings is 1. The monoisotopic (exact) mass is 401 g/mol. The van der Waals surface area contributed by atoms with Gasteiger partial charge in [0.25, 0.3) is 5.91 Å². The number of hydrogen-bond donors (Lipinski definition) is 1. The smallest absolute Gasteiger partial charge is 0.316 e. The van der Waals surface area contributed by atoms with E-state index in [1.807, 2.05) is 35.7 Å². The van der Waals surface area contributed by atoms with Gasteiger partial charge in [0.1, 0.15) is 16.2 Å². The molecule has 1 N–H and O–H groups in total. The number of aromatic nitrogens is 2. The number of thioether (sulfide) groups is 1. The second-order valence-corrected chi connectivity index (χ2v) is 7.95. The summed E-state index contributed by atoms with van der Waals surface area (Å²) in [5.41, 5.74) is 1.87. The summed E-state index contributed by atoms with van der Waals surface area (Å²) in [4.78, 5) is 33.1. The SMILES string of the molecule is CC(C)c1ccc(NC(=O)COC(=O)CSc2ncnc3sccc23)cc1. The van der Waals surface area contributed by atoms with Crippen molar-refractivity contribution in [1.29, 1.82) is 0 Å². The molecule has 3 rings (SSSR count). The molecule has 2 aromatic heterocycles. The van der Waals surface area contributed by atoms with E-state index in [0.29, 0.717) is 11.6 Å². The van der Waals surface area contributed by atoms with Gasteiger partial charge in [0.15, 0.2) is 6.61 Å². The Hall–Kier alpha value is -2.45. The van der Waals surface area contributed by atoms with E-state index in [0.717, 1.165) is 15.2 Å². The zero-order chi connectivity index (χ0) is 19.2. The maximum atomic E-state index is 11.9. The highest BCUT2D eigenvalue weighted by Crippen LogP contribution is 2.27. The van der Waals surface area contributed by atoms with Gasteiger partial charge in [0.05, 0.1) is 5.75 Å². The Morgan fingerprint density at radius 2 is 1.96 bits per heavy atom. The van der Waals surface area contributed by atoms with E-state index >= 15 is 0 Å². The average Bonchev–Trinajstić information content (AvgIpc) is 3.14. The minimum Gasteiger partial charge on any atom is -0.455 e. The lowest BCUT2D eigenvalue weighted by Gasteiger charge is -2.09. The predicted octanol–water partition coefficient (Wildman–Crippen LogP) is 4.09. The van der Waals surface area contributed by atoms with Gasteiger partial charge in [0, 0.05) is 11.1 Å². The van der Waals surface area contributed by atoms with E-state index in [-0.39, 0.29) is 18.3 Å². The number of esters is 1. The average molecular weight is 402 g/mol. The predicted molar refractivity (Wildman–Crippen MR) is 108 cm³/mol. The quantitative estimate of drug-likeness (QED) is 0.365. The van der Waals surface area contributed by atoms with Crippen molar-refractivity contribution in [3.05, 3.63) is 47.6 Å². The van der Waals surface area contributed by atoms with Gasteiger partial charge in [-0.25, -0.2) is 9.97 Å². The van der Waals surface area contributed by atoms with Crippen LogP contribution in [0.3, 0.4) is 0 Å². The van der Waals surface area contributed by atoms with Gasteiger partial charge in [-0.1, -0.05) is 37.7 Å². The van der Waals surface area contributed by atoms with Crippen molar-refractivity contribution < 1.29 is 14.3 Å². The van der Waals surface area contributed by atoms with E-state index < -0.39 is 5.97 Å². The first-order valence-electron chi connectivity index (χ1n) is 8.39. The molecule has 27 heavy (non-hydrogen) atoms. The van der Waals surface area contributed by atoms with Crippen molar-refractivity contribution in [2.75, 3.05) is 17.7 Å². The van der Waals surface area contributed by atoms with Gasteiger partial charge in [0.2, 0.25) is 0 Å². The van der Waals surface area contributed by atoms with Crippen LogP contribution in [-0.4, -0.2) is 34.2 Å². The number of hydrogen-bond acceptors (Lipinski definition) is 7. The first-order chi connectivity index (χ1) is 13.0. The molecule has 0 aliphatic heterocycles. The highest BCUT2D eigenvalue weighted by Gasteiger charge is 2.11. The summed E-state index contributed by atoms with van der Waals surface area (Å²) in [5.74, 6) is -0.322. The Labute approximate surface area is 165 Å². The molecule has 0 saturated carbocycles. The molecule has 140 valence electrons. The van der Waals surface area contributed by atoms with Gasteiger partial charge in [-0.15, -0.1) is 11.3 Å². The summed E-state index contributed by atoms with van der Waals surface area (Å²) in [6, 6.07) is 9.54. The van der Waals surface area contributed by atoms with Crippen LogP contribution >= 0.6 is 23.1 Å². The highest BCUT2D eigenvalue weighted by atomic mass is 32.2. The maximum absolute atomic E-state index is 11.9. The maximum Gasteiger partial charge on any atom is 0.316 e. The zero-order valence-electron chi connectivity index (χ0n) is 15.0. The lowest BCUT2D eigenvalue weighted by atomic mass is 10.0. The summed E-state index contributed by atoms with van der Waals surface area (Å²) in [5, 5.41) is 6.29. The van der Waals surface area contributed by atoms with Crippen LogP contribution in [0.25, 0.3) is 10.2 Å². The van der Waals surface area contributed by atoms with Crippen molar-refractivity contribution in [1.82, 2.24) is 9.97 Å². The molecule has 0 unspecified atom stereocenters. The van der Waals surface area contributed by atoms with Crippen LogP contribution in [0.15, 0.2) is 47.1 Å². The Morgan fingerprint density at radius 3 is 2.70 bits per heavy atom. The molecule has 3 aromatic rings. The van der Waals surface area contributed by atoms with Gasteiger partial charge in [-0.3, -0.25) is 9.59 Å². The Morgan fingerprint density at radius 1 is 1.19 bits per heavy atom. The largest absolute Gasteiger partial charge is 0.455 e. The van der Waals surface area contributed by atoms with Crippen LogP contribution in [0.1, 0.15) is 25.3 Å². The summed E-state index contributed by atoms with van der Waals surface area (Å²) < 4.78 is 5.04. The summed E-state index contributed by atoms with van der Waals surface area (Å²) >= 11 is 2.79. The number of thiophene rings is 1. The van der Waals surface area contributed by atoms with Crippen molar-refractivity contribution in [3.8, 4) is 0 Å². The van der Waals surface area contributed by atoms with Crippen molar-refractivity contribution in [2.45, 2.75) is 24.8 Å². The first-order valence-corrected chi connectivity index (χ1v) is 10.3. The molecule has 0 atom stereocenters. The number of rotatable bonds is 7. The van der Waals surface area contributed by atoms with Crippen LogP contribution < -0.4 is 5.32 Å². The Balaban J connectivity index is 1.44. The number of amides is 1. The first kappa shape index (κ1) is 19.3. The van der Waals surface area contributed by atoms with Crippen molar-refractivity contribution in [3.63, 3.8) is 0 Å². The number of nitrogens with one attached hydrogen (secondary N) is 1. The van der Waals surface area contributed by atoms with Crippen LogP contribution in [-0.2, 0) is 14.3 Å². The number of carbonyl (C=O) groups excluding carboxylic acids is 2. The molecule has 1 amide bonds. The fourth-order valence-corrected chi connectivity index (χ4v) is 3.92. The van der Waals surface area contributed by atoms with Gasteiger partial charge >= 0.3 is 5.97 Å². The van der Waals surface area contributed by atoms with Crippen LogP contribution in [0, 0.1) is 0 Å². The standard InChI is InChI=1S/C19H19N3O3S2/c1-12(2)13-3-5-14(6-4-13)22-16(23)9-25-17(24)10-27-19-15-7-8-26-18(15)20-11-21-19/h3-8,11-12H,9-10H2,1-2H3,(H,22,23). The Bertz CT molecular complexity index is 939. The molecule has 2 heterocycles. The molecule has 0 bridgehead atoms. The second-order valence-electron chi connectivity index (χ2n) is 6.09. The van der Waals surface area contributed by atoms with Crippen LogP contribution in [0.2, 0.25) is 0 Å². The van der Waals surface area contributed by atoms with Gasteiger partial charge in [-0.2, -0.15) is 0 Å². The molecule has 0 aliphatic carbocycles. The normalized spacial score (nSPS) is 10.9. The molecule has 0 saturated heterocycles. The third-order valence-electron chi connectivity index (χ3n) is 3.78. The molecule has 0 fully saturated rings. The van der Waals surface area contributed by atoms with Crippen molar-refractivity contribution >= 4 is 50.9 Å². The van der Waals surface area contributed by atoms with E-state index in [9.17, 15) is 9.59 Å². The number of nitrogens with zero attached hydrogens (tertiary/aromatic N) is 2. The fourth-order valence-electron chi connectivity index (χ4n) is 2.35. The third-order valence-corrected chi connectivity index (χ3v) is 5.58. The number of carbonyl (C=O) groups is 2. The lowest BCUT2D eigenvalue weighted by Crippen LogP contribution is -2.21. The zero-order valence-corrected chi connectivity index (χ0v) is 16.6. The van der Waals surface area contributed by atoms with Crippen molar-refractivity contribution in [2.24, 2.45) is 0 Å². The number of fused-ring (bicyclic) bond motifs is 1. The summed E-state index contributed by atoms with van der Waals surface area (Å²) in [7, 11) is 0. The molecule has 0 aliphatic rings. The van der Waals surface area contributed by atoms with E-state index in [2.05, 4.69) is 29.1 Å². The van der Waals surface area contributed by atoms with E-state index in [4.69, 9.17) is 4.74 Å². The number of ether oxygens (including phenoxy) is 1. The third kappa shape index (κ3) is 5.27. The van der Waals surface area contributed by atoms with Gasteiger partial charge < -0.3 is 10.1 Å². The molecular formula is C19H19N3O3S2. The minimum atomic E-state index is -0.465. The second kappa shape index (κ2) is 8.96. The molecular weight excluding hydrogens is 382 g/mol. The van der Waals surface area contributed by atoms with E-state index in [1.54, 1.807) is 0 Å². The fraction of sp³-hybridized carbons (Fsp3) is 0.263. The highest BCUT2D eigenvalue weighted by molar-refractivity contribution is 8.00. The number of anilines is 1. The topological polar surface area (TPSA) is 81.2 Å². The lowest BCUT2D eigenvalue weighted by molar-refractivity contribution is -0.144.